The van der Waals surface area contributed by atoms with E-state index in [1.165, 1.54) is 31.4 Å². The first-order valence-electron chi connectivity index (χ1n) is 20.6. The highest BCUT2D eigenvalue weighted by atomic mass is 35.5. The summed E-state index contributed by atoms with van der Waals surface area (Å²) < 4.78 is 21.9. The number of amides is 3. The number of imide groups is 1. The number of ether oxygens (including phenoxy) is 1. The summed E-state index contributed by atoms with van der Waals surface area (Å²) in [6.07, 6.45) is 12.3. The van der Waals surface area contributed by atoms with E-state index >= 15 is 0 Å². The monoisotopic (exact) mass is 845 g/mol. The van der Waals surface area contributed by atoms with Crippen LogP contribution in [0.15, 0.2) is 55.0 Å². The average Bonchev–Trinajstić information content (AvgIpc) is 3.84. The van der Waals surface area contributed by atoms with Gasteiger partial charge >= 0.3 is 0 Å². The first-order valence-corrected chi connectivity index (χ1v) is 21.4. The second kappa shape index (κ2) is 18.2. The van der Waals surface area contributed by atoms with Crippen LogP contribution in [0.3, 0.4) is 0 Å². The fraction of sp³-hybridized carbons (Fsp3) is 0.465. The van der Waals surface area contributed by atoms with E-state index in [1.54, 1.807) is 11.1 Å². The van der Waals surface area contributed by atoms with Crippen molar-refractivity contribution in [3.63, 3.8) is 0 Å². The molecule has 4 aliphatic rings. The van der Waals surface area contributed by atoms with E-state index < -0.39 is 11.9 Å². The Bertz CT molecular complexity index is 2190. The maximum atomic E-state index is 13.9. The topological polar surface area (TPSA) is 151 Å². The number of anilines is 2. The number of nitrogens with two attached hydrogens (primary N) is 1. The van der Waals surface area contributed by atoms with E-state index in [9.17, 15) is 18.8 Å². The van der Waals surface area contributed by atoms with E-state index in [0.717, 1.165) is 81.0 Å². The minimum atomic E-state index is -0.607. The van der Waals surface area contributed by atoms with Gasteiger partial charge in [0.1, 0.15) is 11.9 Å². The summed E-state index contributed by atoms with van der Waals surface area (Å²) >= 11 is 12.3. The van der Waals surface area contributed by atoms with Crippen LogP contribution < -0.4 is 21.1 Å². The summed E-state index contributed by atoms with van der Waals surface area (Å²) in [6, 6.07) is 10.0. The molecule has 3 amide bonds. The van der Waals surface area contributed by atoms with E-state index in [0.29, 0.717) is 53.2 Å². The highest BCUT2D eigenvalue weighted by Gasteiger charge is 2.40. The largest absolute Gasteiger partial charge is 0.489 e. The van der Waals surface area contributed by atoms with Crippen molar-refractivity contribution in [3.05, 3.63) is 87.5 Å². The molecule has 1 atom stereocenters. The number of nitrogen functional groups attached to an aromatic ring is 1. The molecule has 59 heavy (non-hydrogen) atoms. The van der Waals surface area contributed by atoms with Crippen LogP contribution in [0.2, 0.25) is 10.0 Å². The summed E-state index contributed by atoms with van der Waals surface area (Å²) in [6.45, 7) is 7.90. The van der Waals surface area contributed by atoms with Gasteiger partial charge in [0.05, 0.1) is 23.9 Å². The number of hydrogen-bond acceptors (Lipinski definition) is 10. The van der Waals surface area contributed by atoms with Crippen LogP contribution in [0.1, 0.15) is 72.5 Å². The lowest BCUT2D eigenvalue weighted by molar-refractivity contribution is -0.136. The summed E-state index contributed by atoms with van der Waals surface area (Å²) in [5, 5.41) is 11.0. The Morgan fingerprint density at radius 3 is 2.56 bits per heavy atom. The van der Waals surface area contributed by atoms with Crippen molar-refractivity contribution >= 4 is 52.4 Å². The van der Waals surface area contributed by atoms with Gasteiger partial charge in [0.25, 0.3) is 5.91 Å². The van der Waals surface area contributed by atoms with Gasteiger partial charge in [0.15, 0.2) is 11.6 Å². The Labute approximate surface area is 353 Å². The Balaban J connectivity index is 0.705. The number of unbranched alkanes of at least 4 members (excludes halogenated alkanes) is 2. The van der Waals surface area contributed by atoms with E-state index in [-0.39, 0.29) is 41.6 Å². The molecular weight excluding hydrogens is 796 g/mol. The fourth-order valence-corrected chi connectivity index (χ4v) is 9.29. The zero-order chi connectivity index (χ0) is 41.0. The number of rotatable bonds is 16. The quantitative estimate of drug-likeness (QED) is 0.0676. The van der Waals surface area contributed by atoms with Gasteiger partial charge in [0.2, 0.25) is 11.8 Å². The third kappa shape index (κ3) is 9.35. The molecule has 4 N–H and O–H groups in total. The maximum Gasteiger partial charge on any atom is 0.255 e. The number of hydrogen-bond donors (Lipinski definition) is 3. The third-order valence-corrected chi connectivity index (χ3v) is 12.9. The van der Waals surface area contributed by atoms with Crippen LogP contribution in [0.5, 0.6) is 5.75 Å². The second-order valence-electron chi connectivity index (χ2n) is 16.1. The van der Waals surface area contributed by atoms with Gasteiger partial charge in [0, 0.05) is 103 Å². The zero-order valence-corrected chi connectivity index (χ0v) is 34.5. The number of aromatic nitrogens is 3. The van der Waals surface area contributed by atoms with Crippen LogP contribution >= 0.6 is 23.2 Å². The van der Waals surface area contributed by atoms with Gasteiger partial charge < -0.3 is 30.5 Å². The van der Waals surface area contributed by atoms with E-state index in [2.05, 4.69) is 36.3 Å². The van der Waals surface area contributed by atoms with E-state index in [1.807, 2.05) is 30.5 Å². The van der Waals surface area contributed by atoms with Gasteiger partial charge in [-0.1, -0.05) is 35.7 Å². The highest BCUT2D eigenvalue weighted by molar-refractivity contribution is 6.36. The van der Waals surface area contributed by atoms with Crippen LogP contribution in [0, 0.1) is 11.7 Å². The molecule has 13 nitrogen and oxygen atoms in total. The van der Waals surface area contributed by atoms with Gasteiger partial charge in [-0.15, -0.1) is 0 Å². The van der Waals surface area contributed by atoms with Gasteiger partial charge in [-0.25, -0.2) is 9.37 Å². The van der Waals surface area contributed by atoms with Crippen molar-refractivity contribution in [2.75, 3.05) is 63.5 Å². The number of nitrogens with one attached hydrogen (secondary N) is 2. The number of pyridine rings is 1. The van der Waals surface area contributed by atoms with Crippen molar-refractivity contribution in [2.45, 2.75) is 70.0 Å². The molecule has 0 aliphatic carbocycles. The molecule has 312 valence electrons. The number of carbonyl (C=O) groups excluding carboxylic acids is 3. The van der Waals surface area contributed by atoms with Crippen molar-refractivity contribution in [1.29, 1.82) is 0 Å². The van der Waals surface area contributed by atoms with Crippen LogP contribution in [0.25, 0.3) is 11.1 Å². The standard InChI is InChI=1S/C43H50Cl2FN9O4/c44-34-7-8-35(46)40(45)32(34)13-18-59-38-19-28(21-49-41(38)47)29-22-50-55(25-29)30-11-16-52(17-12-30)14-2-1-3-15-53-23-27(24-53)20-48-36-6-4-5-31-33(36)26-54(43(31)58)37-9-10-39(56)51-42(37)57/h4-8,19,21-22,25,27,30,37,48H,1-3,9-18,20,23-24,26H2,(H2,47,49)(H,51,56,57)/t37-/m1/s1. The fourth-order valence-electron chi connectivity index (χ4n) is 8.73. The van der Waals surface area contributed by atoms with Crippen molar-refractivity contribution in [1.82, 2.24) is 34.8 Å². The van der Waals surface area contributed by atoms with Crippen molar-refractivity contribution < 1.29 is 23.5 Å². The number of piperidine rings is 2. The Morgan fingerprint density at radius 1 is 0.966 bits per heavy atom. The summed E-state index contributed by atoms with van der Waals surface area (Å²) in [5.41, 5.74) is 10.9. The third-order valence-electron chi connectivity index (χ3n) is 12.1. The first kappa shape index (κ1) is 41.0. The minimum Gasteiger partial charge on any atom is -0.489 e. The van der Waals surface area contributed by atoms with Gasteiger partial charge in [-0.05, 0) is 81.1 Å². The highest BCUT2D eigenvalue weighted by Crippen LogP contribution is 2.34. The molecule has 3 saturated heterocycles. The molecule has 0 radical (unpaired) electrons. The smallest absolute Gasteiger partial charge is 0.255 e. The number of carbonyl (C=O) groups is 3. The summed E-state index contributed by atoms with van der Waals surface area (Å²) in [5.74, 6) is -0.0784. The molecule has 2 aromatic heterocycles. The lowest BCUT2D eigenvalue weighted by Gasteiger charge is -2.39. The molecule has 0 bridgehead atoms. The van der Waals surface area contributed by atoms with E-state index in [4.69, 9.17) is 38.8 Å². The first-order chi connectivity index (χ1) is 28.6. The molecule has 4 aromatic rings. The van der Waals surface area contributed by atoms with Crippen LogP contribution in [-0.4, -0.2) is 106 Å². The Hall–Kier alpha value is -4.76. The second-order valence-corrected chi connectivity index (χ2v) is 16.9. The predicted octanol–water partition coefficient (Wildman–Crippen LogP) is 6.21. The molecule has 16 heteroatoms. The normalized spacial score (nSPS) is 19.2. The van der Waals surface area contributed by atoms with Crippen molar-refractivity contribution in [2.24, 2.45) is 5.92 Å². The van der Waals surface area contributed by atoms with Crippen LogP contribution in [-0.2, 0) is 22.6 Å². The lowest BCUT2D eigenvalue weighted by atomic mass is 9.99. The molecule has 3 fully saturated rings. The number of benzene rings is 2. The zero-order valence-electron chi connectivity index (χ0n) is 33.0. The molecule has 6 heterocycles. The molecule has 0 unspecified atom stereocenters. The Kier molecular flexibility index (Phi) is 12.7. The molecule has 8 rings (SSSR count). The molecule has 0 spiro atoms. The number of nitrogens with zero attached hydrogens (tertiary/aromatic N) is 6. The summed E-state index contributed by atoms with van der Waals surface area (Å²) in [4.78, 5) is 48.2. The molecular formula is C43H50Cl2FN9O4. The predicted molar refractivity (Wildman–Crippen MR) is 225 cm³/mol. The number of fused-ring (bicyclic) bond motifs is 1. The average molecular weight is 847 g/mol. The SMILES string of the molecule is Nc1ncc(-c2cnn(C3CCN(CCCCCN4CC(CNc5cccc6c5CN([C@@H]5CCC(=O)NC5=O)C6=O)C4)CC3)c2)cc1OCCc1c(Cl)ccc(F)c1Cl. The number of likely N-dealkylation sites (tertiary alicyclic amines) is 2. The number of halogens is 3. The molecule has 2 aromatic carbocycles. The lowest BCUT2D eigenvalue weighted by Crippen LogP contribution is -2.52. The summed E-state index contributed by atoms with van der Waals surface area (Å²) in [7, 11) is 0. The van der Waals surface area contributed by atoms with Crippen LogP contribution in [0.4, 0.5) is 15.9 Å². The molecule has 0 saturated carbocycles. The maximum absolute atomic E-state index is 13.9. The van der Waals surface area contributed by atoms with Gasteiger partial charge in [-0.2, -0.15) is 5.10 Å². The van der Waals surface area contributed by atoms with Crippen molar-refractivity contribution in [3.8, 4) is 16.9 Å². The Morgan fingerprint density at radius 2 is 1.76 bits per heavy atom. The van der Waals surface area contributed by atoms with Gasteiger partial charge in [-0.3, -0.25) is 24.4 Å². The minimum absolute atomic E-state index is 0.00252. The molecule has 4 aliphatic heterocycles.